The van der Waals surface area contributed by atoms with Gasteiger partial charge in [-0.15, -0.1) is 0 Å². The second kappa shape index (κ2) is 9.94. The first-order valence-electron chi connectivity index (χ1n) is 10.7. The molecule has 1 atom stereocenters. The summed E-state index contributed by atoms with van der Waals surface area (Å²) in [5, 5.41) is 3.04. The summed E-state index contributed by atoms with van der Waals surface area (Å²) < 4.78 is 0. The van der Waals surface area contributed by atoms with Crippen LogP contribution in [-0.4, -0.2) is 36.9 Å². The highest BCUT2D eigenvalue weighted by atomic mass is 16.2. The molecule has 1 aromatic rings. The van der Waals surface area contributed by atoms with Crippen molar-refractivity contribution in [3.8, 4) is 0 Å². The van der Waals surface area contributed by atoms with Gasteiger partial charge in [-0.25, -0.2) is 0 Å². The van der Waals surface area contributed by atoms with Crippen molar-refractivity contribution in [3.05, 3.63) is 23.8 Å². The van der Waals surface area contributed by atoms with Gasteiger partial charge in [-0.05, 0) is 62.8 Å². The van der Waals surface area contributed by atoms with E-state index in [0.29, 0.717) is 6.54 Å². The Hall–Kier alpha value is -2.04. The van der Waals surface area contributed by atoms with Gasteiger partial charge in [-0.2, -0.15) is 0 Å². The van der Waals surface area contributed by atoms with Crippen molar-refractivity contribution >= 4 is 23.2 Å². The summed E-state index contributed by atoms with van der Waals surface area (Å²) in [6.45, 7) is 8.97. The first kappa shape index (κ1) is 22.3. The quantitative estimate of drug-likeness (QED) is 0.635. The second-order valence-corrected chi connectivity index (χ2v) is 8.24. The fourth-order valence-electron chi connectivity index (χ4n) is 3.54. The van der Waals surface area contributed by atoms with E-state index in [9.17, 15) is 9.59 Å². The van der Waals surface area contributed by atoms with Crippen LogP contribution in [0.4, 0.5) is 11.4 Å². The molecule has 1 aliphatic carbocycles. The van der Waals surface area contributed by atoms with E-state index in [4.69, 9.17) is 0 Å². The number of rotatable bonds is 10. The Bertz CT molecular complexity index is 678. The maximum absolute atomic E-state index is 13.2. The number of nitrogens with zero attached hydrogens (tertiary/aromatic N) is 2. The minimum atomic E-state index is 0.0644. The summed E-state index contributed by atoms with van der Waals surface area (Å²) >= 11 is 0. The van der Waals surface area contributed by atoms with Crippen molar-refractivity contribution in [3.63, 3.8) is 0 Å². The maximum atomic E-state index is 13.2. The Morgan fingerprint density at radius 3 is 2.25 bits per heavy atom. The third-order valence-corrected chi connectivity index (χ3v) is 5.86. The van der Waals surface area contributed by atoms with Gasteiger partial charge >= 0.3 is 0 Å². The topological polar surface area (TPSA) is 52.7 Å². The highest BCUT2D eigenvalue weighted by molar-refractivity contribution is 5.94. The number of hydrogen-bond acceptors (Lipinski definition) is 3. The van der Waals surface area contributed by atoms with Crippen LogP contribution in [0, 0.1) is 11.8 Å². The van der Waals surface area contributed by atoms with Gasteiger partial charge < -0.3 is 15.1 Å². The zero-order valence-electron chi connectivity index (χ0n) is 18.4. The van der Waals surface area contributed by atoms with Crippen LogP contribution in [0.25, 0.3) is 0 Å². The lowest BCUT2D eigenvalue weighted by atomic mass is 9.99. The van der Waals surface area contributed by atoms with Gasteiger partial charge in [0.2, 0.25) is 11.8 Å². The number of anilines is 2. The number of amides is 2. The zero-order valence-corrected chi connectivity index (χ0v) is 18.4. The van der Waals surface area contributed by atoms with E-state index < -0.39 is 0 Å². The maximum Gasteiger partial charge on any atom is 0.227 e. The summed E-state index contributed by atoms with van der Waals surface area (Å²) in [7, 11) is 4.02. The van der Waals surface area contributed by atoms with Crippen molar-refractivity contribution in [1.29, 1.82) is 0 Å². The van der Waals surface area contributed by atoms with Gasteiger partial charge in [-0.1, -0.05) is 20.8 Å². The Morgan fingerprint density at radius 2 is 1.75 bits per heavy atom. The number of benzene rings is 1. The Morgan fingerprint density at radius 1 is 1.11 bits per heavy atom. The summed E-state index contributed by atoms with van der Waals surface area (Å²) in [5.41, 5.74) is 2.96. The summed E-state index contributed by atoms with van der Waals surface area (Å²) in [5.74, 6) is 0.575. The van der Waals surface area contributed by atoms with Crippen LogP contribution in [0.3, 0.4) is 0 Å². The van der Waals surface area contributed by atoms with Crippen LogP contribution in [-0.2, 0) is 16.1 Å². The van der Waals surface area contributed by atoms with Crippen molar-refractivity contribution < 1.29 is 9.59 Å². The zero-order chi connectivity index (χ0) is 20.8. The number of carbonyl (C=O) groups excluding carboxylic acids is 2. The molecule has 2 amide bonds. The molecule has 0 spiro atoms. The molecule has 0 aliphatic heterocycles. The van der Waals surface area contributed by atoms with Gasteiger partial charge in [0.15, 0.2) is 0 Å². The largest absolute Gasteiger partial charge is 0.377 e. The molecular weight excluding hydrogens is 350 g/mol. The van der Waals surface area contributed by atoms with Crippen LogP contribution in [0.1, 0.15) is 65.4 Å². The third-order valence-electron chi connectivity index (χ3n) is 5.86. The molecular formula is C23H37N3O2. The average molecular weight is 388 g/mol. The Labute approximate surface area is 170 Å². The number of nitrogens with one attached hydrogen (secondary N) is 1. The van der Waals surface area contributed by atoms with E-state index in [1.807, 2.05) is 37.2 Å². The first-order chi connectivity index (χ1) is 13.3. The van der Waals surface area contributed by atoms with E-state index in [1.54, 1.807) is 0 Å². The molecule has 5 heteroatoms. The lowest BCUT2D eigenvalue weighted by Crippen LogP contribution is -2.41. The molecule has 0 aromatic heterocycles. The monoisotopic (exact) mass is 387 g/mol. The first-order valence-corrected chi connectivity index (χ1v) is 10.7. The minimum absolute atomic E-state index is 0.0644. The van der Waals surface area contributed by atoms with Gasteiger partial charge in [0.05, 0.1) is 0 Å². The molecule has 0 bridgehead atoms. The average Bonchev–Trinajstić information content (AvgIpc) is 3.51. The molecule has 0 saturated heterocycles. The van der Waals surface area contributed by atoms with Gasteiger partial charge in [-0.3, -0.25) is 9.59 Å². The molecule has 5 nitrogen and oxygen atoms in total. The number of hydrogen-bond donors (Lipinski definition) is 1. The number of carbonyl (C=O) groups is 2. The molecule has 2 rings (SSSR count). The standard InChI is InChI=1S/C23H37N3O2/c1-7-16(4)26(23(28)17(8-2)9-3)15-19-14-20(12-13-21(19)25(5)6)24-22(27)18-10-11-18/h12-14,16-18H,7-11,15H2,1-6H3,(H,24,27)/t16-/m1/s1. The van der Waals surface area contributed by atoms with Crippen LogP contribution < -0.4 is 10.2 Å². The molecule has 1 aliphatic rings. The van der Waals surface area contributed by atoms with Crippen LogP contribution >= 0.6 is 0 Å². The Kier molecular flexibility index (Phi) is 7.90. The lowest BCUT2D eigenvalue weighted by molar-refractivity contribution is -0.138. The summed E-state index contributed by atoms with van der Waals surface area (Å²) in [4.78, 5) is 29.5. The van der Waals surface area contributed by atoms with Crippen LogP contribution in [0.15, 0.2) is 18.2 Å². The smallest absolute Gasteiger partial charge is 0.227 e. The van der Waals surface area contributed by atoms with E-state index in [2.05, 4.69) is 37.9 Å². The van der Waals surface area contributed by atoms with E-state index in [-0.39, 0.29) is 29.7 Å². The summed E-state index contributed by atoms with van der Waals surface area (Å²) in [6, 6.07) is 6.20. The van der Waals surface area contributed by atoms with Crippen molar-refractivity contribution in [2.75, 3.05) is 24.3 Å². The fraction of sp³-hybridized carbons (Fsp3) is 0.652. The molecule has 0 unspecified atom stereocenters. The summed E-state index contributed by atoms with van der Waals surface area (Å²) in [6.07, 6.45) is 4.61. The van der Waals surface area contributed by atoms with E-state index in [1.165, 1.54) is 0 Å². The van der Waals surface area contributed by atoms with Gasteiger partial charge in [0, 0.05) is 49.9 Å². The molecule has 1 fully saturated rings. The van der Waals surface area contributed by atoms with Crippen molar-refractivity contribution in [2.24, 2.45) is 11.8 Å². The van der Waals surface area contributed by atoms with Crippen molar-refractivity contribution in [2.45, 2.75) is 72.4 Å². The SMILES string of the molecule is CCC(CC)C(=O)N(Cc1cc(NC(=O)C2CC2)ccc1N(C)C)[C@H](C)CC. The molecule has 1 N–H and O–H groups in total. The fourth-order valence-corrected chi connectivity index (χ4v) is 3.54. The highest BCUT2D eigenvalue weighted by Crippen LogP contribution is 2.31. The van der Waals surface area contributed by atoms with Crippen LogP contribution in [0.5, 0.6) is 0 Å². The lowest BCUT2D eigenvalue weighted by Gasteiger charge is -2.33. The molecule has 0 heterocycles. The third kappa shape index (κ3) is 5.49. The second-order valence-electron chi connectivity index (χ2n) is 8.24. The van der Waals surface area contributed by atoms with Gasteiger partial charge in [0.25, 0.3) is 0 Å². The molecule has 28 heavy (non-hydrogen) atoms. The minimum Gasteiger partial charge on any atom is -0.377 e. The van der Waals surface area contributed by atoms with E-state index in [0.717, 1.165) is 49.0 Å². The highest BCUT2D eigenvalue weighted by Gasteiger charge is 2.30. The predicted molar refractivity (Wildman–Crippen MR) is 116 cm³/mol. The Balaban J connectivity index is 2.31. The van der Waals surface area contributed by atoms with Gasteiger partial charge in [0.1, 0.15) is 0 Å². The van der Waals surface area contributed by atoms with E-state index >= 15 is 0 Å². The van der Waals surface area contributed by atoms with Crippen LogP contribution in [0.2, 0.25) is 0 Å². The molecule has 1 saturated carbocycles. The normalized spacial score (nSPS) is 14.7. The van der Waals surface area contributed by atoms with Crippen molar-refractivity contribution in [1.82, 2.24) is 4.90 Å². The molecule has 156 valence electrons. The predicted octanol–water partition coefficient (Wildman–Crippen LogP) is 4.66. The molecule has 1 aromatic carbocycles. The molecule has 0 radical (unpaired) electrons.